The molecule has 0 saturated heterocycles. The van der Waals surface area contributed by atoms with Gasteiger partial charge in [0, 0.05) is 13.2 Å². The van der Waals surface area contributed by atoms with Gasteiger partial charge in [0.25, 0.3) is 0 Å². The summed E-state index contributed by atoms with van der Waals surface area (Å²) in [5, 5.41) is 21.4. The van der Waals surface area contributed by atoms with Crippen LogP contribution in [0, 0.1) is 0 Å². The van der Waals surface area contributed by atoms with Crippen LogP contribution in [0.15, 0.2) is 18.2 Å². The zero-order chi connectivity index (χ0) is 16.0. The van der Waals surface area contributed by atoms with E-state index < -0.39 is 11.6 Å². The van der Waals surface area contributed by atoms with E-state index in [2.05, 4.69) is 5.32 Å². The highest BCUT2D eigenvalue weighted by Gasteiger charge is 2.21. The van der Waals surface area contributed by atoms with Gasteiger partial charge in [0.05, 0.1) is 11.6 Å². The molecule has 0 unspecified atom stereocenters. The lowest BCUT2D eigenvalue weighted by molar-refractivity contribution is -0.123. The molecule has 1 atom stereocenters. The molecule has 21 heavy (non-hydrogen) atoms. The van der Waals surface area contributed by atoms with Gasteiger partial charge in [0.15, 0.2) is 11.5 Å². The molecule has 6 nitrogen and oxygen atoms in total. The Morgan fingerprint density at radius 3 is 2.62 bits per heavy atom. The van der Waals surface area contributed by atoms with E-state index in [9.17, 15) is 15.0 Å². The summed E-state index contributed by atoms with van der Waals surface area (Å²) in [7, 11) is 0. The van der Waals surface area contributed by atoms with E-state index >= 15 is 0 Å². The standard InChI is InChI=1S/C15H24N2O4/c1-4-21-15(2,3)9-17-14(20)11(16)7-10-5-6-12(18)13(19)8-10/h5-6,8,11,18-19H,4,7,9,16H2,1-3H3,(H,17,20)/t11-/m0/s1. The third-order valence-electron chi connectivity index (χ3n) is 3.06. The smallest absolute Gasteiger partial charge is 0.237 e. The number of benzene rings is 1. The SMILES string of the molecule is CCOC(C)(C)CNC(=O)[C@@H](N)Cc1ccc(O)c(O)c1. The Balaban J connectivity index is 2.53. The highest BCUT2D eigenvalue weighted by atomic mass is 16.5. The first-order valence-corrected chi connectivity index (χ1v) is 6.93. The predicted molar refractivity (Wildman–Crippen MR) is 80.2 cm³/mol. The van der Waals surface area contributed by atoms with Crippen LogP contribution in [0.3, 0.4) is 0 Å². The van der Waals surface area contributed by atoms with Crippen molar-refractivity contribution in [3.05, 3.63) is 23.8 Å². The van der Waals surface area contributed by atoms with Gasteiger partial charge >= 0.3 is 0 Å². The van der Waals surface area contributed by atoms with Gasteiger partial charge in [-0.1, -0.05) is 6.07 Å². The van der Waals surface area contributed by atoms with E-state index in [1.807, 2.05) is 20.8 Å². The minimum atomic E-state index is -0.730. The van der Waals surface area contributed by atoms with Gasteiger partial charge in [-0.25, -0.2) is 0 Å². The Labute approximate surface area is 124 Å². The fourth-order valence-corrected chi connectivity index (χ4v) is 1.92. The number of rotatable bonds is 7. The quantitative estimate of drug-likeness (QED) is 0.560. The van der Waals surface area contributed by atoms with Gasteiger partial charge in [-0.15, -0.1) is 0 Å². The van der Waals surface area contributed by atoms with Crippen LogP contribution >= 0.6 is 0 Å². The second kappa shape index (κ2) is 7.28. The van der Waals surface area contributed by atoms with Crippen molar-refractivity contribution in [1.29, 1.82) is 0 Å². The van der Waals surface area contributed by atoms with Gasteiger partial charge in [-0.2, -0.15) is 0 Å². The van der Waals surface area contributed by atoms with Crippen LogP contribution in [0.25, 0.3) is 0 Å². The maximum absolute atomic E-state index is 11.9. The summed E-state index contributed by atoms with van der Waals surface area (Å²) in [5.41, 5.74) is 6.08. The van der Waals surface area contributed by atoms with Gasteiger partial charge in [-0.3, -0.25) is 4.79 Å². The second-order valence-electron chi connectivity index (χ2n) is 5.54. The van der Waals surface area contributed by atoms with Crippen molar-refractivity contribution in [1.82, 2.24) is 5.32 Å². The topological polar surface area (TPSA) is 105 Å². The minimum absolute atomic E-state index is 0.199. The Kier molecular flexibility index (Phi) is 5.99. The molecule has 118 valence electrons. The van der Waals surface area contributed by atoms with Crippen molar-refractivity contribution < 1.29 is 19.7 Å². The number of carbonyl (C=O) groups is 1. The van der Waals surface area contributed by atoms with Crippen molar-refractivity contribution in [3.8, 4) is 11.5 Å². The normalized spacial score (nSPS) is 13.0. The molecule has 0 aliphatic carbocycles. The predicted octanol–water partition coefficient (Wildman–Crippen LogP) is 0.899. The molecule has 1 aromatic rings. The Morgan fingerprint density at radius 2 is 2.05 bits per heavy atom. The van der Waals surface area contributed by atoms with Gasteiger partial charge in [0.2, 0.25) is 5.91 Å². The molecule has 5 N–H and O–H groups in total. The lowest BCUT2D eigenvalue weighted by Gasteiger charge is -2.25. The number of carbonyl (C=O) groups excluding carboxylic acids is 1. The molecular weight excluding hydrogens is 272 g/mol. The van der Waals surface area contributed by atoms with E-state index in [-0.39, 0.29) is 23.8 Å². The molecule has 0 bridgehead atoms. The van der Waals surface area contributed by atoms with Gasteiger partial charge < -0.3 is 26.0 Å². The van der Waals surface area contributed by atoms with Crippen molar-refractivity contribution in [2.45, 2.75) is 38.8 Å². The maximum Gasteiger partial charge on any atom is 0.237 e. The summed E-state index contributed by atoms with van der Waals surface area (Å²) >= 11 is 0. The summed E-state index contributed by atoms with van der Waals surface area (Å²) in [6, 6.07) is 3.65. The zero-order valence-electron chi connectivity index (χ0n) is 12.7. The number of phenolic OH excluding ortho intramolecular Hbond substituents is 2. The third kappa shape index (κ3) is 5.61. The van der Waals surface area contributed by atoms with E-state index in [1.54, 1.807) is 6.07 Å². The summed E-state index contributed by atoms with van der Waals surface area (Å²) < 4.78 is 5.49. The number of aromatic hydroxyl groups is 2. The largest absolute Gasteiger partial charge is 0.504 e. The molecular formula is C15H24N2O4. The van der Waals surface area contributed by atoms with E-state index in [1.165, 1.54) is 12.1 Å². The fraction of sp³-hybridized carbons (Fsp3) is 0.533. The average molecular weight is 296 g/mol. The Hall–Kier alpha value is -1.79. The maximum atomic E-state index is 11.9. The first-order chi connectivity index (χ1) is 9.75. The first kappa shape index (κ1) is 17.3. The lowest BCUT2D eigenvalue weighted by atomic mass is 10.0. The van der Waals surface area contributed by atoms with Crippen LogP contribution in [0.4, 0.5) is 0 Å². The molecule has 0 radical (unpaired) electrons. The van der Waals surface area contributed by atoms with Crippen LogP contribution in [-0.2, 0) is 16.0 Å². The molecule has 0 heterocycles. The molecule has 6 heteroatoms. The van der Waals surface area contributed by atoms with Gasteiger partial charge in [-0.05, 0) is 44.9 Å². The van der Waals surface area contributed by atoms with Crippen LogP contribution in [0.2, 0.25) is 0 Å². The molecule has 1 rings (SSSR count). The summed E-state index contributed by atoms with van der Waals surface area (Å²) in [6.07, 6.45) is 0.273. The highest BCUT2D eigenvalue weighted by Crippen LogP contribution is 2.25. The Bertz CT molecular complexity index is 489. The molecule has 0 aliphatic heterocycles. The van der Waals surface area contributed by atoms with E-state index in [4.69, 9.17) is 10.5 Å². The van der Waals surface area contributed by atoms with Crippen molar-refractivity contribution in [3.63, 3.8) is 0 Å². The highest BCUT2D eigenvalue weighted by molar-refractivity contribution is 5.81. The average Bonchev–Trinajstić information content (AvgIpc) is 2.40. The minimum Gasteiger partial charge on any atom is -0.504 e. The van der Waals surface area contributed by atoms with Crippen LogP contribution in [-0.4, -0.2) is 40.9 Å². The first-order valence-electron chi connectivity index (χ1n) is 6.93. The molecule has 0 spiro atoms. The fourth-order valence-electron chi connectivity index (χ4n) is 1.92. The van der Waals surface area contributed by atoms with Crippen LogP contribution in [0.5, 0.6) is 11.5 Å². The molecule has 0 aromatic heterocycles. The molecule has 0 saturated carbocycles. The van der Waals surface area contributed by atoms with Crippen molar-refractivity contribution in [2.75, 3.05) is 13.2 Å². The molecule has 0 fully saturated rings. The summed E-state index contributed by atoms with van der Waals surface area (Å²) in [4.78, 5) is 11.9. The molecule has 0 aliphatic rings. The number of ether oxygens (including phenoxy) is 1. The number of amides is 1. The molecule has 1 aromatic carbocycles. The number of nitrogens with two attached hydrogens (primary N) is 1. The van der Waals surface area contributed by atoms with E-state index in [0.29, 0.717) is 18.7 Å². The van der Waals surface area contributed by atoms with Gasteiger partial charge in [0.1, 0.15) is 0 Å². The number of nitrogens with one attached hydrogen (secondary N) is 1. The van der Waals surface area contributed by atoms with Crippen molar-refractivity contribution >= 4 is 5.91 Å². The summed E-state index contributed by atoms with van der Waals surface area (Å²) in [5.74, 6) is -0.705. The molecule has 1 amide bonds. The second-order valence-corrected chi connectivity index (χ2v) is 5.54. The lowest BCUT2D eigenvalue weighted by Crippen LogP contribution is -2.47. The van der Waals surface area contributed by atoms with Crippen LogP contribution in [0.1, 0.15) is 26.3 Å². The zero-order valence-corrected chi connectivity index (χ0v) is 12.7. The van der Waals surface area contributed by atoms with Crippen molar-refractivity contribution in [2.24, 2.45) is 5.73 Å². The summed E-state index contributed by atoms with van der Waals surface area (Å²) in [6.45, 7) is 6.61. The Morgan fingerprint density at radius 1 is 1.38 bits per heavy atom. The van der Waals surface area contributed by atoms with E-state index in [0.717, 1.165) is 0 Å². The number of hydrogen-bond donors (Lipinski definition) is 4. The number of hydrogen-bond acceptors (Lipinski definition) is 5. The van der Waals surface area contributed by atoms with Crippen LogP contribution < -0.4 is 11.1 Å². The monoisotopic (exact) mass is 296 g/mol. The third-order valence-corrected chi connectivity index (χ3v) is 3.06. The number of phenols is 2.